The highest BCUT2D eigenvalue weighted by Gasteiger charge is 2.35. The zero-order valence-corrected chi connectivity index (χ0v) is 18.5. The van der Waals surface area contributed by atoms with E-state index in [1.165, 1.54) is 17.8 Å². The monoisotopic (exact) mass is 480 g/mol. The van der Waals surface area contributed by atoms with Crippen LogP contribution in [0, 0.1) is 16.7 Å². The number of nitrogens with zero attached hydrogens (tertiary/aromatic N) is 2. The number of hydrogen-bond donors (Lipinski definition) is 4. The molecule has 7 nitrogen and oxygen atoms in total. The number of nitriles is 1. The number of ether oxygens (including phenoxy) is 1. The Morgan fingerprint density at radius 2 is 2.22 bits per heavy atom. The summed E-state index contributed by atoms with van der Waals surface area (Å²) in [6.07, 6.45) is 0.294. The van der Waals surface area contributed by atoms with E-state index < -0.39 is 11.7 Å². The van der Waals surface area contributed by atoms with Crippen LogP contribution in [0.15, 0.2) is 52.8 Å². The summed E-state index contributed by atoms with van der Waals surface area (Å²) in [6.45, 7) is 0.654. The van der Waals surface area contributed by atoms with Crippen LogP contribution in [0.4, 0.5) is 13.2 Å². The van der Waals surface area contributed by atoms with Crippen molar-refractivity contribution in [2.24, 2.45) is 0 Å². The van der Waals surface area contributed by atoms with Gasteiger partial charge in [0.2, 0.25) is 0 Å². The molecule has 168 valence electrons. The number of fused-ring (bicyclic) bond motifs is 2. The van der Waals surface area contributed by atoms with E-state index in [9.17, 15) is 18.4 Å². The van der Waals surface area contributed by atoms with Crippen LogP contribution >= 0.6 is 23.5 Å². The average molecular weight is 481 g/mol. The Balaban J connectivity index is 1.40. The molecule has 4 rings (SSSR count). The van der Waals surface area contributed by atoms with E-state index in [2.05, 4.69) is 21.1 Å². The van der Waals surface area contributed by atoms with Gasteiger partial charge in [0.25, 0.3) is 0 Å². The molecule has 1 saturated heterocycles. The summed E-state index contributed by atoms with van der Waals surface area (Å²) in [5.74, 6) is 2.04. The molecule has 1 atom stereocenters. The highest BCUT2D eigenvalue weighted by Crippen LogP contribution is 2.35. The van der Waals surface area contributed by atoms with Crippen molar-refractivity contribution in [1.29, 1.82) is 10.7 Å². The molecular weight excluding hydrogens is 461 g/mol. The van der Waals surface area contributed by atoms with Crippen molar-refractivity contribution in [3.63, 3.8) is 0 Å². The van der Waals surface area contributed by atoms with Crippen molar-refractivity contribution in [1.82, 2.24) is 21.1 Å². The molecule has 0 aromatic heterocycles. The standard InChI is InChI=1S/C20H19F3N6OS2/c1-26-16-6-17(29-8-15-5-14(29)9-30-15)27-28-18(16)32-19(25)31-10-11-2-3-13(20(21,22)23)4-12(11)7-24/h2-4,6,8,14,25-28H,5,9-10H2,1H3. The first kappa shape index (κ1) is 22.3. The molecule has 3 aliphatic rings. The highest BCUT2D eigenvalue weighted by molar-refractivity contribution is 8.39. The fourth-order valence-electron chi connectivity index (χ4n) is 3.43. The van der Waals surface area contributed by atoms with Crippen molar-refractivity contribution in [3.05, 3.63) is 69.5 Å². The summed E-state index contributed by atoms with van der Waals surface area (Å²) in [6, 6.07) is 5.18. The van der Waals surface area contributed by atoms with Gasteiger partial charge in [-0.1, -0.05) is 17.8 Å². The minimum Gasteiger partial charge on any atom is -0.494 e. The summed E-state index contributed by atoms with van der Waals surface area (Å²) in [7, 11) is 1.78. The van der Waals surface area contributed by atoms with Crippen molar-refractivity contribution in [3.8, 4) is 6.07 Å². The van der Waals surface area contributed by atoms with E-state index in [-0.39, 0.29) is 21.7 Å². The molecule has 1 aromatic carbocycles. The first-order valence-corrected chi connectivity index (χ1v) is 11.4. The zero-order valence-electron chi connectivity index (χ0n) is 16.8. The maximum atomic E-state index is 12.9. The van der Waals surface area contributed by atoms with Crippen molar-refractivity contribution in [2.75, 3.05) is 13.7 Å². The zero-order chi connectivity index (χ0) is 22.9. The lowest BCUT2D eigenvalue weighted by atomic mass is 10.1. The van der Waals surface area contributed by atoms with Crippen molar-refractivity contribution < 1.29 is 17.9 Å². The van der Waals surface area contributed by atoms with E-state index >= 15 is 0 Å². The lowest BCUT2D eigenvalue weighted by molar-refractivity contribution is -0.137. The van der Waals surface area contributed by atoms with Gasteiger partial charge >= 0.3 is 6.18 Å². The summed E-state index contributed by atoms with van der Waals surface area (Å²) >= 11 is 2.32. The minimum atomic E-state index is -4.50. The molecule has 0 amide bonds. The molecule has 1 fully saturated rings. The number of thioether (sulfide) groups is 2. The Bertz CT molecular complexity index is 1080. The molecule has 1 unspecified atom stereocenters. The Hall–Kier alpha value is -2.91. The van der Waals surface area contributed by atoms with Gasteiger partial charge in [-0.05, 0) is 29.5 Å². The number of nitrogens with one attached hydrogen (secondary N) is 4. The third kappa shape index (κ3) is 4.63. The lowest BCUT2D eigenvalue weighted by Crippen LogP contribution is -2.44. The molecule has 1 aromatic rings. The third-order valence-corrected chi connectivity index (χ3v) is 7.10. The van der Waals surface area contributed by atoms with Crippen LogP contribution in [0.1, 0.15) is 23.1 Å². The predicted molar refractivity (Wildman–Crippen MR) is 117 cm³/mol. The van der Waals surface area contributed by atoms with Gasteiger partial charge in [0, 0.05) is 31.5 Å². The number of hydrogen-bond acceptors (Lipinski definition) is 9. The summed E-state index contributed by atoms with van der Waals surface area (Å²) in [4.78, 5) is 2.11. The Kier molecular flexibility index (Phi) is 6.21. The lowest BCUT2D eigenvalue weighted by Gasteiger charge is -2.32. The molecule has 0 saturated carbocycles. The number of halogens is 3. The van der Waals surface area contributed by atoms with Crippen molar-refractivity contribution >= 4 is 27.9 Å². The first-order valence-electron chi connectivity index (χ1n) is 9.55. The Morgan fingerprint density at radius 3 is 2.84 bits per heavy atom. The molecule has 12 heteroatoms. The largest absolute Gasteiger partial charge is 0.494 e. The SMILES string of the molecule is CNC1=C(SC(=N)SCc2ccc(C(F)(F)F)cc2C#N)NNC(N2C=C3CC2CO3)=C1. The normalized spacial score (nSPS) is 19.5. The second kappa shape index (κ2) is 8.91. The Labute approximate surface area is 191 Å². The van der Waals surface area contributed by atoms with E-state index in [4.69, 9.17) is 10.1 Å². The van der Waals surface area contributed by atoms with E-state index in [1.807, 2.05) is 18.3 Å². The quantitative estimate of drug-likeness (QED) is 0.374. The molecule has 0 aliphatic carbocycles. The van der Waals surface area contributed by atoms with Gasteiger partial charge in [-0.3, -0.25) is 16.3 Å². The van der Waals surface area contributed by atoms with Gasteiger partial charge in [0.15, 0.2) is 0 Å². The summed E-state index contributed by atoms with van der Waals surface area (Å²) in [5.41, 5.74) is 6.59. The maximum Gasteiger partial charge on any atom is 0.416 e. The predicted octanol–water partition coefficient (Wildman–Crippen LogP) is 3.76. The van der Waals surface area contributed by atoms with Crippen molar-refractivity contribution in [2.45, 2.75) is 24.4 Å². The molecule has 2 bridgehead atoms. The second-order valence-corrected chi connectivity index (χ2v) is 9.37. The second-order valence-electron chi connectivity index (χ2n) is 7.10. The smallest absolute Gasteiger partial charge is 0.416 e. The maximum absolute atomic E-state index is 12.9. The molecule has 3 heterocycles. The topological polar surface area (TPSA) is 96.2 Å². The molecule has 0 radical (unpaired) electrons. The number of hydrazine groups is 1. The van der Waals surface area contributed by atoms with Gasteiger partial charge in [-0.25, -0.2) is 0 Å². The molecule has 32 heavy (non-hydrogen) atoms. The van der Waals surface area contributed by atoms with Gasteiger partial charge in [0.1, 0.15) is 27.6 Å². The first-order chi connectivity index (χ1) is 15.3. The van der Waals surface area contributed by atoms with Crippen LogP contribution in [0.2, 0.25) is 0 Å². The van der Waals surface area contributed by atoms with Crippen LogP contribution in [-0.4, -0.2) is 29.0 Å². The van der Waals surface area contributed by atoms with Crippen LogP contribution < -0.4 is 16.2 Å². The highest BCUT2D eigenvalue weighted by atomic mass is 32.2. The number of benzene rings is 1. The molecule has 0 spiro atoms. The van der Waals surface area contributed by atoms with Gasteiger partial charge in [-0.15, -0.1) is 0 Å². The van der Waals surface area contributed by atoms with Gasteiger partial charge < -0.3 is 15.0 Å². The van der Waals surface area contributed by atoms with Crippen LogP contribution in [0.5, 0.6) is 0 Å². The number of rotatable bonds is 5. The minimum absolute atomic E-state index is 0.0386. The van der Waals surface area contributed by atoms with E-state index in [0.29, 0.717) is 17.2 Å². The number of alkyl halides is 3. The van der Waals surface area contributed by atoms with E-state index in [1.54, 1.807) is 7.05 Å². The van der Waals surface area contributed by atoms with Crippen LogP contribution in [-0.2, 0) is 16.7 Å². The molecule has 4 N–H and O–H groups in total. The average Bonchev–Trinajstić information content (AvgIpc) is 3.41. The number of allylic oxidation sites excluding steroid dienone is 1. The van der Waals surface area contributed by atoms with E-state index in [0.717, 1.165) is 47.6 Å². The third-order valence-electron chi connectivity index (χ3n) is 5.06. The van der Waals surface area contributed by atoms with Gasteiger partial charge in [-0.2, -0.15) is 18.4 Å². The van der Waals surface area contributed by atoms with Crippen LogP contribution in [0.25, 0.3) is 0 Å². The molecular formula is C20H19F3N6OS2. The fraction of sp³-hybridized carbons (Fsp3) is 0.300. The summed E-state index contributed by atoms with van der Waals surface area (Å²) in [5, 5.41) is 21.3. The fourth-order valence-corrected chi connectivity index (χ4v) is 5.19. The summed E-state index contributed by atoms with van der Waals surface area (Å²) < 4.78 is 44.3. The Morgan fingerprint density at radius 1 is 1.41 bits per heavy atom. The molecule has 3 aliphatic heterocycles. The van der Waals surface area contributed by atoms with Crippen LogP contribution in [0.3, 0.4) is 0 Å². The number of likely N-dealkylation sites (N-methyl/N-ethyl adjacent to an activating group) is 1. The van der Waals surface area contributed by atoms with Gasteiger partial charge in [0.05, 0.1) is 28.9 Å².